The zero-order valence-electron chi connectivity index (χ0n) is 8.47. The molecule has 6 heteroatoms. The highest BCUT2D eigenvalue weighted by Gasteiger charge is 2.15. The average Bonchev–Trinajstić information content (AvgIpc) is 2.88. The largest absolute Gasteiger partial charge is 0.477 e. The minimum Gasteiger partial charge on any atom is -0.477 e. The van der Waals surface area contributed by atoms with Crippen molar-refractivity contribution in [2.75, 3.05) is 5.73 Å². The summed E-state index contributed by atoms with van der Waals surface area (Å²) in [6.45, 7) is 0. The van der Waals surface area contributed by atoms with Gasteiger partial charge in [0.1, 0.15) is 4.88 Å². The number of nitrogen functional groups attached to an aromatic ring is 1. The average molecular weight is 281 g/mol. The van der Waals surface area contributed by atoms with Crippen molar-refractivity contribution >= 4 is 55.1 Å². The van der Waals surface area contributed by atoms with Crippen molar-refractivity contribution in [2.45, 2.75) is 0 Å². The van der Waals surface area contributed by atoms with E-state index in [4.69, 9.17) is 10.8 Å². The molecule has 86 valence electrons. The van der Waals surface area contributed by atoms with Crippen LogP contribution in [0.4, 0.5) is 5.69 Å². The fourth-order valence-corrected chi connectivity index (χ4v) is 4.68. The number of carboxylic acid groups (broad SMARTS) is 1. The molecule has 0 bridgehead atoms. The van der Waals surface area contributed by atoms with Crippen molar-refractivity contribution < 1.29 is 9.90 Å². The van der Waals surface area contributed by atoms with Gasteiger partial charge in [-0.05, 0) is 23.6 Å². The van der Waals surface area contributed by atoms with Crippen LogP contribution in [0.25, 0.3) is 19.2 Å². The van der Waals surface area contributed by atoms with Crippen LogP contribution in [-0.2, 0) is 0 Å². The Labute approximate surface area is 109 Å². The van der Waals surface area contributed by atoms with Crippen LogP contribution in [0.3, 0.4) is 0 Å². The molecule has 0 unspecified atom stereocenters. The SMILES string of the molecule is Nc1cc(-c2cc3sccc3s2)sc1C(=O)O. The summed E-state index contributed by atoms with van der Waals surface area (Å²) in [6.07, 6.45) is 0. The molecule has 3 N–H and O–H groups in total. The van der Waals surface area contributed by atoms with E-state index in [1.54, 1.807) is 28.7 Å². The second kappa shape index (κ2) is 3.83. The number of rotatable bonds is 2. The van der Waals surface area contributed by atoms with Gasteiger partial charge in [-0.3, -0.25) is 0 Å². The predicted octanol–water partition coefficient (Wildman–Crippen LogP) is 3.97. The van der Waals surface area contributed by atoms with Crippen molar-refractivity contribution in [2.24, 2.45) is 0 Å². The first-order valence-corrected chi connectivity index (χ1v) is 7.26. The topological polar surface area (TPSA) is 63.3 Å². The van der Waals surface area contributed by atoms with E-state index in [-0.39, 0.29) is 4.88 Å². The number of aromatic carboxylic acids is 1. The highest BCUT2D eigenvalue weighted by molar-refractivity contribution is 7.30. The fourth-order valence-electron chi connectivity index (χ4n) is 1.58. The summed E-state index contributed by atoms with van der Waals surface area (Å²) < 4.78 is 2.46. The van der Waals surface area contributed by atoms with Crippen LogP contribution in [0.15, 0.2) is 23.6 Å². The summed E-state index contributed by atoms with van der Waals surface area (Å²) in [6, 6.07) is 5.90. The first-order chi connectivity index (χ1) is 8.15. The number of fused-ring (bicyclic) bond motifs is 1. The quantitative estimate of drug-likeness (QED) is 0.747. The lowest BCUT2D eigenvalue weighted by Crippen LogP contribution is -1.96. The summed E-state index contributed by atoms with van der Waals surface area (Å²) in [7, 11) is 0. The normalized spacial score (nSPS) is 11.1. The number of thiophene rings is 3. The van der Waals surface area contributed by atoms with Gasteiger partial charge in [0, 0.05) is 19.2 Å². The summed E-state index contributed by atoms with van der Waals surface area (Å²) in [5, 5.41) is 11.0. The molecule has 17 heavy (non-hydrogen) atoms. The highest BCUT2D eigenvalue weighted by atomic mass is 32.1. The van der Waals surface area contributed by atoms with Gasteiger partial charge in [0.05, 0.1) is 5.69 Å². The molecule has 0 aliphatic carbocycles. The Bertz CT molecular complexity index is 679. The number of hydrogen-bond donors (Lipinski definition) is 2. The van der Waals surface area contributed by atoms with Gasteiger partial charge in [0.25, 0.3) is 0 Å². The van der Waals surface area contributed by atoms with Gasteiger partial charge in [-0.25, -0.2) is 4.79 Å². The van der Waals surface area contributed by atoms with Gasteiger partial charge in [-0.1, -0.05) is 0 Å². The van der Waals surface area contributed by atoms with Crippen molar-refractivity contribution in [3.63, 3.8) is 0 Å². The maximum atomic E-state index is 10.9. The van der Waals surface area contributed by atoms with Crippen molar-refractivity contribution in [3.05, 3.63) is 28.5 Å². The van der Waals surface area contributed by atoms with E-state index in [0.29, 0.717) is 5.69 Å². The molecule has 3 aromatic heterocycles. The Morgan fingerprint density at radius 1 is 1.18 bits per heavy atom. The number of nitrogens with two attached hydrogens (primary N) is 1. The molecule has 0 amide bonds. The summed E-state index contributed by atoms with van der Waals surface area (Å²) >= 11 is 4.58. The first-order valence-electron chi connectivity index (χ1n) is 4.75. The van der Waals surface area contributed by atoms with E-state index < -0.39 is 5.97 Å². The van der Waals surface area contributed by atoms with Crippen LogP contribution in [-0.4, -0.2) is 11.1 Å². The second-order valence-corrected chi connectivity index (χ2v) is 6.54. The third-order valence-electron chi connectivity index (χ3n) is 2.34. The van der Waals surface area contributed by atoms with Crippen molar-refractivity contribution in [1.82, 2.24) is 0 Å². The smallest absolute Gasteiger partial charge is 0.348 e. The minimum absolute atomic E-state index is 0.219. The Kier molecular flexibility index (Phi) is 2.43. The van der Waals surface area contributed by atoms with Gasteiger partial charge in [-0.2, -0.15) is 0 Å². The number of carbonyl (C=O) groups is 1. The van der Waals surface area contributed by atoms with Crippen molar-refractivity contribution in [3.8, 4) is 9.75 Å². The molecule has 3 rings (SSSR count). The Morgan fingerprint density at radius 3 is 2.59 bits per heavy atom. The van der Waals surface area contributed by atoms with E-state index in [2.05, 4.69) is 17.5 Å². The third kappa shape index (κ3) is 1.74. The Morgan fingerprint density at radius 2 is 1.94 bits per heavy atom. The molecule has 0 atom stereocenters. The molecule has 0 saturated heterocycles. The number of carboxylic acids is 1. The summed E-state index contributed by atoms with van der Waals surface area (Å²) in [5.74, 6) is -0.961. The van der Waals surface area contributed by atoms with Gasteiger partial charge in [0.15, 0.2) is 0 Å². The molecule has 0 saturated carbocycles. The first kappa shape index (κ1) is 10.8. The van der Waals surface area contributed by atoms with E-state index in [9.17, 15) is 4.79 Å². The van der Waals surface area contributed by atoms with Crippen LogP contribution in [0.1, 0.15) is 9.67 Å². The molecule has 0 spiro atoms. The molecule has 0 fully saturated rings. The molecule has 3 nitrogen and oxygen atoms in total. The monoisotopic (exact) mass is 281 g/mol. The Balaban J connectivity index is 2.12. The molecule has 0 aliphatic rings. The highest BCUT2D eigenvalue weighted by Crippen LogP contribution is 2.41. The van der Waals surface area contributed by atoms with Crippen LogP contribution in [0.5, 0.6) is 0 Å². The van der Waals surface area contributed by atoms with Crippen LogP contribution in [0, 0.1) is 0 Å². The lowest BCUT2D eigenvalue weighted by atomic mass is 10.3. The minimum atomic E-state index is -0.961. The Hall–Kier alpha value is -1.37. The zero-order chi connectivity index (χ0) is 12.0. The molecule has 0 radical (unpaired) electrons. The molecule has 0 aliphatic heterocycles. The van der Waals surface area contributed by atoms with E-state index in [0.717, 1.165) is 9.75 Å². The second-order valence-electron chi connectivity index (χ2n) is 3.46. The molecule has 3 aromatic rings. The van der Waals surface area contributed by atoms with Crippen LogP contribution < -0.4 is 5.73 Å². The van der Waals surface area contributed by atoms with E-state index >= 15 is 0 Å². The molecule has 0 aromatic carbocycles. The van der Waals surface area contributed by atoms with Gasteiger partial charge >= 0.3 is 5.97 Å². The maximum Gasteiger partial charge on any atom is 0.348 e. The summed E-state index contributed by atoms with van der Waals surface area (Å²) in [5.41, 5.74) is 6.03. The van der Waals surface area contributed by atoms with Gasteiger partial charge < -0.3 is 10.8 Å². The lowest BCUT2D eigenvalue weighted by molar-refractivity contribution is 0.0703. The predicted molar refractivity (Wildman–Crippen MR) is 74.4 cm³/mol. The molecular formula is C11H7NO2S3. The molecular weight excluding hydrogens is 274 g/mol. The van der Waals surface area contributed by atoms with Crippen LogP contribution in [0.2, 0.25) is 0 Å². The van der Waals surface area contributed by atoms with E-state index in [1.165, 1.54) is 20.7 Å². The summed E-state index contributed by atoms with van der Waals surface area (Å²) in [4.78, 5) is 13.1. The fraction of sp³-hybridized carbons (Fsp3) is 0. The van der Waals surface area contributed by atoms with Crippen LogP contribution >= 0.6 is 34.0 Å². The van der Waals surface area contributed by atoms with Gasteiger partial charge in [-0.15, -0.1) is 34.0 Å². The number of anilines is 1. The van der Waals surface area contributed by atoms with Gasteiger partial charge in [0.2, 0.25) is 0 Å². The van der Waals surface area contributed by atoms with E-state index in [1.807, 2.05) is 0 Å². The number of hydrogen-bond acceptors (Lipinski definition) is 5. The van der Waals surface area contributed by atoms with Crippen molar-refractivity contribution in [1.29, 1.82) is 0 Å². The third-order valence-corrected chi connectivity index (χ3v) is 5.77. The lowest BCUT2D eigenvalue weighted by Gasteiger charge is -1.87. The maximum absolute atomic E-state index is 10.9. The zero-order valence-corrected chi connectivity index (χ0v) is 10.9. The standard InChI is InChI=1S/C11H7NO2S3/c12-5-3-8(17-10(5)11(13)14)9-4-7-6(16-9)1-2-15-7/h1-4H,12H2,(H,13,14). The molecule has 3 heterocycles.